The Bertz CT molecular complexity index is 211. The highest BCUT2D eigenvalue weighted by atomic mass is 32.2. The molecule has 0 aliphatic carbocycles. The fourth-order valence-electron chi connectivity index (χ4n) is 1.19. The number of nitrogens with one attached hydrogen (secondary N) is 1. The van der Waals surface area contributed by atoms with Gasteiger partial charge in [-0.25, -0.2) is 0 Å². The molecule has 0 aromatic carbocycles. The van der Waals surface area contributed by atoms with Crippen LogP contribution in [0.25, 0.3) is 0 Å². The molecule has 0 aliphatic rings. The van der Waals surface area contributed by atoms with Crippen LogP contribution >= 0.6 is 11.8 Å². The van der Waals surface area contributed by atoms with Crippen LogP contribution in [0.3, 0.4) is 0 Å². The molecule has 3 nitrogen and oxygen atoms in total. The highest BCUT2D eigenvalue weighted by molar-refractivity contribution is 7.99. The van der Waals surface area contributed by atoms with Gasteiger partial charge < -0.3 is 5.32 Å². The zero-order valence-corrected chi connectivity index (χ0v) is 9.59. The van der Waals surface area contributed by atoms with E-state index in [1.54, 1.807) is 0 Å². The minimum Gasteiger partial charge on any atom is -0.315 e. The van der Waals surface area contributed by atoms with Gasteiger partial charge >= 0.3 is 0 Å². The summed E-state index contributed by atoms with van der Waals surface area (Å²) in [4.78, 5) is 0. The summed E-state index contributed by atoms with van der Waals surface area (Å²) in [5.74, 6) is 2.50. The standard InChI is InChI=1S/C10H19N3S/c1-2-14-10-4-5-11-7-9-13-8-3-6-12-13/h3,6,8,11H,2,4-5,7,9-10H2,1H3. The molecule has 1 N–H and O–H groups in total. The van der Waals surface area contributed by atoms with E-state index in [1.807, 2.05) is 34.9 Å². The Balaban J connectivity index is 1.85. The van der Waals surface area contributed by atoms with Crippen molar-refractivity contribution in [2.24, 2.45) is 0 Å². The number of rotatable bonds is 8. The number of aromatic nitrogens is 2. The lowest BCUT2D eigenvalue weighted by atomic mass is 10.4. The third-order valence-electron chi connectivity index (χ3n) is 1.92. The molecule has 0 saturated carbocycles. The van der Waals surface area contributed by atoms with E-state index in [-0.39, 0.29) is 0 Å². The number of nitrogens with zero attached hydrogens (tertiary/aromatic N) is 2. The quantitative estimate of drug-likeness (QED) is 0.665. The van der Waals surface area contributed by atoms with E-state index in [4.69, 9.17) is 0 Å². The Morgan fingerprint density at radius 3 is 3.07 bits per heavy atom. The molecule has 1 aromatic rings. The molecular weight excluding hydrogens is 194 g/mol. The summed E-state index contributed by atoms with van der Waals surface area (Å²) in [5, 5.41) is 7.54. The van der Waals surface area contributed by atoms with Gasteiger partial charge in [-0.3, -0.25) is 4.68 Å². The Morgan fingerprint density at radius 2 is 2.36 bits per heavy atom. The van der Waals surface area contributed by atoms with Crippen molar-refractivity contribution in [2.45, 2.75) is 19.9 Å². The topological polar surface area (TPSA) is 29.9 Å². The van der Waals surface area contributed by atoms with Gasteiger partial charge in [-0.2, -0.15) is 16.9 Å². The van der Waals surface area contributed by atoms with Crippen LogP contribution in [0.2, 0.25) is 0 Å². The Labute approximate surface area is 90.3 Å². The predicted octanol–water partition coefficient (Wildman–Crippen LogP) is 1.62. The number of thioether (sulfide) groups is 1. The Hall–Kier alpha value is -0.480. The molecule has 0 atom stereocenters. The predicted molar refractivity (Wildman–Crippen MR) is 62.7 cm³/mol. The first-order valence-corrected chi connectivity index (χ1v) is 6.35. The lowest BCUT2D eigenvalue weighted by Gasteiger charge is -2.04. The summed E-state index contributed by atoms with van der Waals surface area (Å²) in [6, 6.07) is 1.96. The summed E-state index contributed by atoms with van der Waals surface area (Å²) in [7, 11) is 0. The maximum Gasteiger partial charge on any atom is 0.0533 e. The first-order chi connectivity index (χ1) is 6.93. The molecule has 0 aliphatic heterocycles. The molecule has 0 radical (unpaired) electrons. The van der Waals surface area contributed by atoms with Crippen LogP contribution in [0.15, 0.2) is 18.5 Å². The minimum atomic E-state index is 0.966. The van der Waals surface area contributed by atoms with Crippen molar-refractivity contribution in [1.29, 1.82) is 0 Å². The normalized spacial score (nSPS) is 10.6. The maximum absolute atomic E-state index is 4.14. The molecule has 0 unspecified atom stereocenters. The average molecular weight is 213 g/mol. The summed E-state index contributed by atoms with van der Waals surface area (Å²) in [6.45, 7) is 5.30. The molecule has 1 rings (SSSR count). The largest absolute Gasteiger partial charge is 0.315 e. The van der Waals surface area contributed by atoms with Crippen LogP contribution in [0.5, 0.6) is 0 Å². The van der Waals surface area contributed by atoms with E-state index in [1.165, 1.54) is 17.9 Å². The van der Waals surface area contributed by atoms with Gasteiger partial charge in [-0.15, -0.1) is 0 Å². The molecule has 4 heteroatoms. The van der Waals surface area contributed by atoms with Crippen molar-refractivity contribution < 1.29 is 0 Å². The highest BCUT2D eigenvalue weighted by Crippen LogP contribution is 1.99. The van der Waals surface area contributed by atoms with Crippen LogP contribution < -0.4 is 5.32 Å². The molecule has 0 amide bonds. The van der Waals surface area contributed by atoms with Crippen LogP contribution in [-0.2, 0) is 6.54 Å². The minimum absolute atomic E-state index is 0.966. The average Bonchev–Trinajstić information content (AvgIpc) is 2.69. The van der Waals surface area contributed by atoms with Gasteiger partial charge in [0, 0.05) is 18.9 Å². The van der Waals surface area contributed by atoms with Crippen molar-refractivity contribution in [3.8, 4) is 0 Å². The molecule has 0 spiro atoms. The smallest absolute Gasteiger partial charge is 0.0533 e. The van der Waals surface area contributed by atoms with E-state index < -0.39 is 0 Å². The van der Waals surface area contributed by atoms with Gasteiger partial charge in [0.2, 0.25) is 0 Å². The summed E-state index contributed by atoms with van der Waals surface area (Å²) in [5.41, 5.74) is 0. The monoisotopic (exact) mass is 213 g/mol. The third kappa shape index (κ3) is 5.29. The van der Waals surface area contributed by atoms with Crippen LogP contribution in [-0.4, -0.2) is 34.4 Å². The van der Waals surface area contributed by atoms with Crippen molar-refractivity contribution in [2.75, 3.05) is 24.6 Å². The van der Waals surface area contributed by atoms with Crippen LogP contribution in [0.4, 0.5) is 0 Å². The summed E-state index contributed by atoms with van der Waals surface area (Å²) in [6.07, 6.45) is 5.07. The first-order valence-electron chi connectivity index (χ1n) is 5.19. The lowest BCUT2D eigenvalue weighted by molar-refractivity contribution is 0.554. The van der Waals surface area contributed by atoms with Gasteiger partial charge in [0.25, 0.3) is 0 Å². The molecule has 0 saturated heterocycles. The molecule has 0 fully saturated rings. The zero-order valence-electron chi connectivity index (χ0n) is 8.78. The second-order valence-corrected chi connectivity index (χ2v) is 4.46. The fraction of sp³-hybridized carbons (Fsp3) is 0.700. The lowest BCUT2D eigenvalue weighted by Crippen LogP contribution is -2.21. The number of hydrogen-bond donors (Lipinski definition) is 1. The van der Waals surface area contributed by atoms with E-state index in [9.17, 15) is 0 Å². The third-order valence-corrected chi connectivity index (χ3v) is 2.91. The van der Waals surface area contributed by atoms with Gasteiger partial charge in [0.15, 0.2) is 0 Å². The summed E-state index contributed by atoms with van der Waals surface area (Å²) < 4.78 is 1.95. The molecular formula is C10H19N3S. The van der Waals surface area contributed by atoms with Gasteiger partial charge in [0.05, 0.1) is 6.54 Å². The Morgan fingerprint density at radius 1 is 1.43 bits per heavy atom. The summed E-state index contributed by atoms with van der Waals surface area (Å²) >= 11 is 2.01. The van der Waals surface area contributed by atoms with Gasteiger partial charge in [-0.1, -0.05) is 6.92 Å². The molecule has 1 heterocycles. The zero-order chi connectivity index (χ0) is 10.1. The van der Waals surface area contributed by atoms with Crippen molar-refractivity contribution >= 4 is 11.8 Å². The van der Waals surface area contributed by atoms with Crippen LogP contribution in [0.1, 0.15) is 13.3 Å². The van der Waals surface area contributed by atoms with Gasteiger partial charge in [0.1, 0.15) is 0 Å². The SMILES string of the molecule is CCSCCCNCCn1cccn1. The van der Waals surface area contributed by atoms with Crippen LogP contribution in [0, 0.1) is 0 Å². The first kappa shape index (κ1) is 11.6. The molecule has 14 heavy (non-hydrogen) atoms. The van der Waals surface area contributed by atoms with E-state index in [0.717, 1.165) is 19.6 Å². The highest BCUT2D eigenvalue weighted by Gasteiger charge is 1.90. The van der Waals surface area contributed by atoms with Crippen molar-refractivity contribution in [3.63, 3.8) is 0 Å². The van der Waals surface area contributed by atoms with E-state index >= 15 is 0 Å². The molecule has 80 valence electrons. The molecule has 1 aromatic heterocycles. The molecule has 0 bridgehead atoms. The second kappa shape index (κ2) is 7.88. The van der Waals surface area contributed by atoms with Crippen molar-refractivity contribution in [1.82, 2.24) is 15.1 Å². The second-order valence-electron chi connectivity index (χ2n) is 3.07. The van der Waals surface area contributed by atoms with Crippen molar-refractivity contribution in [3.05, 3.63) is 18.5 Å². The van der Waals surface area contributed by atoms with Gasteiger partial charge in [-0.05, 0) is 30.5 Å². The maximum atomic E-state index is 4.14. The Kier molecular flexibility index (Phi) is 6.53. The number of hydrogen-bond acceptors (Lipinski definition) is 3. The van der Waals surface area contributed by atoms with E-state index in [2.05, 4.69) is 17.3 Å². The fourth-order valence-corrected chi connectivity index (χ4v) is 1.83. The van der Waals surface area contributed by atoms with E-state index in [0.29, 0.717) is 0 Å².